The van der Waals surface area contributed by atoms with E-state index in [0.717, 1.165) is 39.5 Å². The van der Waals surface area contributed by atoms with Crippen molar-refractivity contribution >= 4 is 33.1 Å². The molecule has 0 saturated carbocycles. The summed E-state index contributed by atoms with van der Waals surface area (Å²) in [5.74, 6) is 1.61. The maximum atomic E-state index is 4.81. The van der Waals surface area contributed by atoms with Crippen molar-refractivity contribution in [2.45, 2.75) is 20.3 Å². The first-order valence-corrected chi connectivity index (χ1v) is 9.24. The molecule has 3 nitrogen and oxygen atoms in total. The summed E-state index contributed by atoms with van der Waals surface area (Å²) in [7, 11) is 0. The lowest BCUT2D eigenvalue weighted by Crippen LogP contribution is -1.98. The lowest BCUT2D eigenvalue weighted by atomic mass is 10.1. The van der Waals surface area contributed by atoms with Crippen LogP contribution in [-0.4, -0.2) is 9.97 Å². The van der Waals surface area contributed by atoms with Gasteiger partial charge in [0.05, 0.1) is 5.39 Å². The maximum absolute atomic E-state index is 4.81. The number of fused-ring (bicyclic) bond motifs is 1. The first kappa shape index (κ1) is 15.8. The highest BCUT2D eigenvalue weighted by Gasteiger charge is 2.12. The molecule has 0 aliphatic rings. The van der Waals surface area contributed by atoms with Gasteiger partial charge in [-0.1, -0.05) is 49.4 Å². The predicted octanol–water partition coefficient (Wildman–Crippen LogP) is 5.97. The van der Waals surface area contributed by atoms with Crippen molar-refractivity contribution in [1.82, 2.24) is 9.97 Å². The molecule has 0 unspecified atom stereocenters. The van der Waals surface area contributed by atoms with E-state index < -0.39 is 0 Å². The van der Waals surface area contributed by atoms with Gasteiger partial charge in [-0.3, -0.25) is 0 Å². The van der Waals surface area contributed by atoms with Gasteiger partial charge in [0.25, 0.3) is 0 Å². The van der Waals surface area contributed by atoms with Gasteiger partial charge in [-0.2, -0.15) is 0 Å². The van der Waals surface area contributed by atoms with Crippen molar-refractivity contribution in [1.29, 1.82) is 0 Å². The number of anilines is 2. The molecule has 25 heavy (non-hydrogen) atoms. The molecular weight excluding hydrogens is 326 g/mol. The fourth-order valence-electron chi connectivity index (χ4n) is 2.81. The number of nitrogens with one attached hydrogen (secondary N) is 1. The van der Waals surface area contributed by atoms with E-state index in [0.29, 0.717) is 0 Å². The average molecular weight is 345 g/mol. The highest BCUT2D eigenvalue weighted by atomic mass is 32.1. The number of benzene rings is 2. The maximum Gasteiger partial charge on any atom is 0.163 e. The van der Waals surface area contributed by atoms with Gasteiger partial charge < -0.3 is 5.32 Å². The minimum Gasteiger partial charge on any atom is -0.340 e. The Bertz CT molecular complexity index is 1000. The Kier molecular flexibility index (Phi) is 4.20. The summed E-state index contributed by atoms with van der Waals surface area (Å²) in [6.45, 7) is 4.27. The van der Waals surface area contributed by atoms with E-state index in [1.54, 1.807) is 11.3 Å². The molecule has 0 saturated heterocycles. The quantitative estimate of drug-likeness (QED) is 0.495. The van der Waals surface area contributed by atoms with Gasteiger partial charge in [-0.15, -0.1) is 11.3 Å². The molecule has 0 amide bonds. The number of hydrogen-bond acceptors (Lipinski definition) is 4. The number of rotatable bonds is 4. The molecule has 0 bridgehead atoms. The van der Waals surface area contributed by atoms with Crippen LogP contribution in [0.4, 0.5) is 11.5 Å². The van der Waals surface area contributed by atoms with Crippen LogP contribution in [0.5, 0.6) is 0 Å². The molecule has 0 aliphatic heterocycles. The van der Waals surface area contributed by atoms with Crippen molar-refractivity contribution < 1.29 is 0 Å². The largest absolute Gasteiger partial charge is 0.340 e. The molecule has 0 radical (unpaired) electrons. The van der Waals surface area contributed by atoms with Crippen molar-refractivity contribution in [3.8, 4) is 11.4 Å². The van der Waals surface area contributed by atoms with Crippen molar-refractivity contribution in [2.24, 2.45) is 0 Å². The molecule has 0 atom stereocenters. The Hall–Kier alpha value is -2.72. The number of aryl methyl sites for hydroxylation is 2. The van der Waals surface area contributed by atoms with Crippen LogP contribution in [0.2, 0.25) is 0 Å². The zero-order valence-corrected chi connectivity index (χ0v) is 15.1. The Morgan fingerprint density at radius 3 is 2.44 bits per heavy atom. The smallest absolute Gasteiger partial charge is 0.163 e. The third-order valence-corrected chi connectivity index (χ3v) is 5.12. The fraction of sp³-hybridized carbons (Fsp3) is 0.143. The molecule has 124 valence electrons. The molecule has 2 heterocycles. The van der Waals surface area contributed by atoms with Crippen molar-refractivity contribution in [3.63, 3.8) is 0 Å². The summed E-state index contributed by atoms with van der Waals surface area (Å²) >= 11 is 1.70. The summed E-state index contributed by atoms with van der Waals surface area (Å²) in [5.41, 5.74) is 3.40. The second-order valence-electron chi connectivity index (χ2n) is 6.01. The zero-order valence-electron chi connectivity index (χ0n) is 14.3. The summed E-state index contributed by atoms with van der Waals surface area (Å²) in [6, 6.07) is 20.8. The van der Waals surface area contributed by atoms with Crippen LogP contribution >= 0.6 is 11.3 Å². The van der Waals surface area contributed by atoms with Crippen LogP contribution in [0, 0.1) is 6.92 Å². The van der Waals surface area contributed by atoms with Crippen LogP contribution in [0.3, 0.4) is 0 Å². The zero-order chi connectivity index (χ0) is 17.2. The third-order valence-electron chi connectivity index (χ3n) is 4.17. The second kappa shape index (κ2) is 6.65. The predicted molar refractivity (Wildman–Crippen MR) is 107 cm³/mol. The molecule has 0 fully saturated rings. The number of nitrogens with zero attached hydrogens (tertiary/aromatic N) is 2. The van der Waals surface area contributed by atoms with E-state index in [2.05, 4.69) is 49.5 Å². The minimum absolute atomic E-state index is 0.752. The van der Waals surface area contributed by atoms with Gasteiger partial charge in [-0.25, -0.2) is 9.97 Å². The summed E-state index contributed by atoms with van der Waals surface area (Å²) in [4.78, 5) is 11.8. The summed E-state index contributed by atoms with van der Waals surface area (Å²) < 4.78 is 0. The van der Waals surface area contributed by atoms with Gasteiger partial charge in [0, 0.05) is 16.1 Å². The molecule has 4 aromatic rings. The summed E-state index contributed by atoms with van der Waals surface area (Å²) in [5, 5.41) is 4.55. The number of aromatic nitrogens is 2. The van der Waals surface area contributed by atoms with Crippen molar-refractivity contribution in [3.05, 3.63) is 71.1 Å². The van der Waals surface area contributed by atoms with Crippen LogP contribution in [0.25, 0.3) is 21.6 Å². The molecule has 1 N–H and O–H groups in total. The number of hydrogen-bond donors (Lipinski definition) is 1. The third kappa shape index (κ3) is 3.26. The lowest BCUT2D eigenvalue weighted by molar-refractivity contribution is 1.14. The van der Waals surface area contributed by atoms with Gasteiger partial charge in [0.1, 0.15) is 10.6 Å². The standard InChI is InChI=1S/C21H19N3S/c1-3-15-9-11-17(12-10-15)22-20-18-13-14(2)25-21(18)24-19(23-20)16-7-5-4-6-8-16/h4-13H,3H2,1-2H3,(H,22,23,24). The summed E-state index contributed by atoms with van der Waals surface area (Å²) in [6.07, 6.45) is 1.04. The molecule has 4 rings (SSSR count). The highest BCUT2D eigenvalue weighted by Crippen LogP contribution is 2.32. The molecule has 2 aromatic heterocycles. The van der Waals surface area contributed by atoms with Crippen LogP contribution < -0.4 is 5.32 Å². The van der Waals surface area contributed by atoms with E-state index in [-0.39, 0.29) is 0 Å². The Morgan fingerprint density at radius 1 is 0.960 bits per heavy atom. The van der Waals surface area contributed by atoms with Crippen molar-refractivity contribution in [2.75, 3.05) is 5.32 Å². The van der Waals surface area contributed by atoms with Crippen LogP contribution in [-0.2, 0) is 6.42 Å². The van der Waals surface area contributed by atoms with Crippen LogP contribution in [0.15, 0.2) is 60.7 Å². The van der Waals surface area contributed by atoms with E-state index in [1.807, 2.05) is 30.3 Å². The lowest BCUT2D eigenvalue weighted by Gasteiger charge is -2.09. The normalized spacial score (nSPS) is 11.0. The van der Waals surface area contributed by atoms with E-state index >= 15 is 0 Å². The second-order valence-corrected chi connectivity index (χ2v) is 7.25. The number of thiophene rings is 1. The first-order chi connectivity index (χ1) is 12.2. The Balaban J connectivity index is 1.80. The average Bonchev–Trinajstić information content (AvgIpc) is 3.03. The SMILES string of the molecule is CCc1ccc(Nc2nc(-c3ccccc3)nc3sc(C)cc23)cc1. The molecule has 4 heteroatoms. The highest BCUT2D eigenvalue weighted by molar-refractivity contribution is 7.18. The van der Waals surface area contributed by atoms with Gasteiger partial charge in [0.15, 0.2) is 5.82 Å². The molecule has 0 aliphatic carbocycles. The topological polar surface area (TPSA) is 37.8 Å². The fourth-order valence-corrected chi connectivity index (χ4v) is 3.69. The Labute approximate surface area is 151 Å². The monoisotopic (exact) mass is 345 g/mol. The van der Waals surface area contributed by atoms with E-state index in [4.69, 9.17) is 9.97 Å². The molecular formula is C21H19N3S. The van der Waals surface area contributed by atoms with Crippen LogP contribution in [0.1, 0.15) is 17.4 Å². The Morgan fingerprint density at radius 2 is 1.72 bits per heavy atom. The van der Waals surface area contributed by atoms with Gasteiger partial charge >= 0.3 is 0 Å². The molecule has 2 aromatic carbocycles. The van der Waals surface area contributed by atoms with Gasteiger partial charge in [-0.05, 0) is 37.1 Å². The van der Waals surface area contributed by atoms with E-state index in [1.165, 1.54) is 10.4 Å². The van der Waals surface area contributed by atoms with E-state index in [9.17, 15) is 0 Å². The molecule has 0 spiro atoms. The first-order valence-electron chi connectivity index (χ1n) is 8.42. The van der Waals surface area contributed by atoms with Gasteiger partial charge in [0.2, 0.25) is 0 Å². The minimum atomic E-state index is 0.752.